The molecule has 0 aliphatic heterocycles. The normalized spacial score (nSPS) is 11.1. The van der Waals surface area contributed by atoms with Gasteiger partial charge in [-0.3, -0.25) is 10.2 Å². The fourth-order valence-electron chi connectivity index (χ4n) is 2.59. The predicted octanol–water partition coefficient (Wildman–Crippen LogP) is 4.93. The minimum Gasteiger partial charge on any atom is -0.466 e. The smallest absolute Gasteiger partial charge is 0.311 e. The number of carbonyl (C=O) groups excluding carboxylic acids is 1. The molecule has 0 saturated heterocycles. The first-order valence-corrected chi connectivity index (χ1v) is 10.8. The second-order valence-corrected chi connectivity index (χ2v) is 7.31. The topological polar surface area (TPSA) is 72.8 Å². The molecule has 0 radical (unpaired) electrons. The molecule has 0 spiro atoms. The van der Waals surface area contributed by atoms with Crippen LogP contribution in [0.4, 0.5) is 9.52 Å². The molecule has 0 aliphatic carbocycles. The SMILES string of the molecule is CCCCCCOCc1cc(F)ccc1C=NNc1nc(CC(=O)OCC)cs1. The zero-order valence-corrected chi connectivity index (χ0v) is 17.8. The summed E-state index contributed by atoms with van der Waals surface area (Å²) < 4.78 is 24.2. The van der Waals surface area contributed by atoms with Gasteiger partial charge in [-0.05, 0) is 31.0 Å². The lowest BCUT2D eigenvalue weighted by Gasteiger charge is -2.08. The van der Waals surface area contributed by atoms with Gasteiger partial charge in [0.15, 0.2) is 0 Å². The van der Waals surface area contributed by atoms with Crippen molar-refractivity contribution in [2.45, 2.75) is 52.6 Å². The van der Waals surface area contributed by atoms with E-state index in [0.717, 1.165) is 24.0 Å². The van der Waals surface area contributed by atoms with Crippen molar-refractivity contribution in [3.63, 3.8) is 0 Å². The molecule has 0 fully saturated rings. The molecule has 0 unspecified atom stereocenters. The van der Waals surface area contributed by atoms with Crippen molar-refractivity contribution in [1.82, 2.24) is 4.98 Å². The van der Waals surface area contributed by atoms with Crippen LogP contribution in [0, 0.1) is 5.82 Å². The summed E-state index contributed by atoms with van der Waals surface area (Å²) in [6, 6.07) is 4.53. The summed E-state index contributed by atoms with van der Waals surface area (Å²) in [7, 11) is 0. The van der Waals surface area contributed by atoms with Crippen molar-refractivity contribution in [3.05, 3.63) is 46.2 Å². The van der Waals surface area contributed by atoms with Crippen molar-refractivity contribution in [3.8, 4) is 0 Å². The Bertz CT molecular complexity index is 795. The first-order valence-electron chi connectivity index (χ1n) is 9.87. The molecule has 29 heavy (non-hydrogen) atoms. The second-order valence-electron chi connectivity index (χ2n) is 6.45. The molecule has 2 rings (SSSR count). The molecule has 0 bridgehead atoms. The van der Waals surface area contributed by atoms with Gasteiger partial charge in [0.05, 0.1) is 31.5 Å². The number of unbranched alkanes of at least 4 members (excludes halogenated alkanes) is 3. The molecule has 0 amide bonds. The number of halogens is 1. The van der Waals surface area contributed by atoms with Crippen LogP contribution in [-0.2, 0) is 27.3 Å². The molecule has 1 heterocycles. The maximum Gasteiger partial charge on any atom is 0.311 e. The van der Waals surface area contributed by atoms with Gasteiger partial charge in [-0.25, -0.2) is 9.37 Å². The van der Waals surface area contributed by atoms with E-state index in [1.807, 2.05) is 0 Å². The summed E-state index contributed by atoms with van der Waals surface area (Å²) >= 11 is 1.35. The van der Waals surface area contributed by atoms with E-state index in [1.54, 1.807) is 24.6 Å². The number of nitrogens with one attached hydrogen (secondary N) is 1. The van der Waals surface area contributed by atoms with Gasteiger partial charge in [-0.15, -0.1) is 11.3 Å². The van der Waals surface area contributed by atoms with Crippen LogP contribution < -0.4 is 5.43 Å². The minimum absolute atomic E-state index is 0.132. The Kier molecular flexibility index (Phi) is 10.3. The molecule has 2 aromatic rings. The third-order valence-electron chi connectivity index (χ3n) is 4.05. The van der Waals surface area contributed by atoms with Crippen LogP contribution in [0.5, 0.6) is 0 Å². The Morgan fingerprint density at radius 1 is 1.31 bits per heavy atom. The lowest BCUT2D eigenvalue weighted by atomic mass is 10.1. The van der Waals surface area contributed by atoms with Crippen LogP contribution in [0.3, 0.4) is 0 Å². The van der Waals surface area contributed by atoms with Crippen LogP contribution in [-0.4, -0.2) is 30.4 Å². The average molecular weight is 422 g/mol. The molecular weight excluding hydrogens is 393 g/mol. The third kappa shape index (κ3) is 8.70. The van der Waals surface area contributed by atoms with Crippen LogP contribution >= 0.6 is 11.3 Å². The lowest BCUT2D eigenvalue weighted by Crippen LogP contribution is -2.07. The Morgan fingerprint density at radius 3 is 2.97 bits per heavy atom. The van der Waals surface area contributed by atoms with E-state index < -0.39 is 0 Å². The summed E-state index contributed by atoms with van der Waals surface area (Å²) in [5.41, 5.74) is 4.99. The molecule has 158 valence electrons. The van der Waals surface area contributed by atoms with Gasteiger partial charge < -0.3 is 9.47 Å². The molecule has 0 atom stereocenters. The first-order chi connectivity index (χ1) is 14.1. The van der Waals surface area contributed by atoms with E-state index in [-0.39, 0.29) is 18.2 Å². The second kappa shape index (κ2) is 13.0. The Balaban J connectivity index is 1.88. The van der Waals surface area contributed by atoms with Gasteiger partial charge in [0, 0.05) is 17.6 Å². The number of aromatic nitrogens is 1. The van der Waals surface area contributed by atoms with Gasteiger partial charge in [0.25, 0.3) is 0 Å². The fourth-order valence-corrected chi connectivity index (χ4v) is 3.25. The Hall–Kier alpha value is -2.32. The van der Waals surface area contributed by atoms with Gasteiger partial charge in [-0.1, -0.05) is 32.3 Å². The molecule has 0 aliphatic rings. The van der Waals surface area contributed by atoms with Gasteiger partial charge in [0.1, 0.15) is 5.82 Å². The molecule has 8 heteroatoms. The van der Waals surface area contributed by atoms with Crippen molar-refractivity contribution < 1.29 is 18.7 Å². The highest BCUT2D eigenvalue weighted by Crippen LogP contribution is 2.17. The van der Waals surface area contributed by atoms with E-state index in [4.69, 9.17) is 9.47 Å². The van der Waals surface area contributed by atoms with Gasteiger partial charge >= 0.3 is 5.97 Å². The highest BCUT2D eigenvalue weighted by atomic mass is 32.1. The molecule has 6 nitrogen and oxygen atoms in total. The molecule has 1 N–H and O–H groups in total. The fraction of sp³-hybridized carbons (Fsp3) is 0.476. The van der Waals surface area contributed by atoms with Crippen LogP contribution in [0.2, 0.25) is 0 Å². The number of hydrogen-bond acceptors (Lipinski definition) is 7. The molecular formula is C21H28FN3O3S. The largest absolute Gasteiger partial charge is 0.466 e. The average Bonchev–Trinajstić information content (AvgIpc) is 3.13. The van der Waals surface area contributed by atoms with E-state index in [9.17, 15) is 9.18 Å². The number of ether oxygens (including phenoxy) is 2. The van der Waals surface area contributed by atoms with Crippen molar-refractivity contribution in [1.29, 1.82) is 0 Å². The van der Waals surface area contributed by atoms with Crippen LogP contribution in [0.25, 0.3) is 0 Å². The maximum absolute atomic E-state index is 13.6. The van der Waals surface area contributed by atoms with E-state index in [1.165, 1.54) is 36.3 Å². The van der Waals surface area contributed by atoms with Crippen molar-refractivity contribution >= 4 is 28.7 Å². The Morgan fingerprint density at radius 2 is 2.17 bits per heavy atom. The molecule has 0 saturated carbocycles. The number of nitrogens with zero attached hydrogens (tertiary/aromatic N) is 2. The van der Waals surface area contributed by atoms with Gasteiger partial charge in [-0.2, -0.15) is 5.10 Å². The highest BCUT2D eigenvalue weighted by Gasteiger charge is 2.08. The number of hydrogen-bond donors (Lipinski definition) is 1. The molecule has 1 aromatic heterocycles. The zero-order valence-electron chi connectivity index (χ0n) is 16.9. The highest BCUT2D eigenvalue weighted by molar-refractivity contribution is 7.13. The standard InChI is InChI=1S/C21H28FN3O3S/c1-3-5-6-7-10-27-14-17-11-18(22)9-8-16(17)13-23-25-21-24-19(15-29-21)12-20(26)28-4-2/h8-9,11,13,15H,3-7,10,12,14H2,1-2H3,(H,24,25). The quantitative estimate of drug-likeness (QED) is 0.215. The Labute approximate surface area is 175 Å². The molecule has 1 aromatic carbocycles. The van der Waals surface area contributed by atoms with Gasteiger partial charge in [0.2, 0.25) is 5.13 Å². The summed E-state index contributed by atoms with van der Waals surface area (Å²) in [6.45, 7) is 5.28. The van der Waals surface area contributed by atoms with Crippen LogP contribution in [0.15, 0.2) is 28.7 Å². The number of benzene rings is 1. The number of esters is 1. The first kappa shape index (κ1) is 23.0. The number of anilines is 1. The predicted molar refractivity (Wildman–Crippen MR) is 114 cm³/mol. The zero-order chi connectivity index (χ0) is 20.9. The lowest BCUT2D eigenvalue weighted by molar-refractivity contribution is -0.142. The summed E-state index contributed by atoms with van der Waals surface area (Å²) in [4.78, 5) is 15.8. The minimum atomic E-state index is -0.307. The number of rotatable bonds is 13. The van der Waals surface area contributed by atoms with E-state index in [2.05, 4.69) is 22.4 Å². The van der Waals surface area contributed by atoms with E-state index in [0.29, 0.717) is 30.6 Å². The summed E-state index contributed by atoms with van der Waals surface area (Å²) in [5, 5.41) is 6.53. The summed E-state index contributed by atoms with van der Waals surface area (Å²) in [6.07, 6.45) is 6.28. The van der Waals surface area contributed by atoms with E-state index >= 15 is 0 Å². The van der Waals surface area contributed by atoms with Crippen molar-refractivity contribution in [2.24, 2.45) is 5.10 Å². The number of hydrazone groups is 1. The third-order valence-corrected chi connectivity index (χ3v) is 4.85. The number of carbonyl (C=O) groups is 1. The maximum atomic E-state index is 13.6. The summed E-state index contributed by atoms with van der Waals surface area (Å²) in [5.74, 6) is -0.610. The number of thiazole rings is 1. The monoisotopic (exact) mass is 421 g/mol. The van der Waals surface area contributed by atoms with Crippen molar-refractivity contribution in [2.75, 3.05) is 18.6 Å². The van der Waals surface area contributed by atoms with Crippen LogP contribution in [0.1, 0.15) is 56.4 Å².